The Morgan fingerprint density at radius 1 is 1.23 bits per heavy atom. The second kappa shape index (κ2) is 9.75. The summed E-state index contributed by atoms with van der Waals surface area (Å²) in [7, 11) is 1.32. The van der Waals surface area contributed by atoms with Gasteiger partial charge in [0.2, 0.25) is 0 Å². The van der Waals surface area contributed by atoms with E-state index in [0.29, 0.717) is 29.9 Å². The highest BCUT2D eigenvalue weighted by molar-refractivity contribution is 7.99. The SMILES string of the molecule is COC(=O)NC1=Nc2cc(OSC3=CCC=C(NC4CCCC4)C=C3)ccc2NC1. The molecule has 4 rings (SSSR count). The summed E-state index contributed by atoms with van der Waals surface area (Å²) < 4.78 is 10.5. The Labute approximate surface area is 180 Å². The summed E-state index contributed by atoms with van der Waals surface area (Å²) in [6.07, 6.45) is 14.1. The van der Waals surface area contributed by atoms with E-state index >= 15 is 0 Å². The predicted molar refractivity (Wildman–Crippen MR) is 121 cm³/mol. The van der Waals surface area contributed by atoms with Gasteiger partial charge >= 0.3 is 6.09 Å². The summed E-state index contributed by atoms with van der Waals surface area (Å²) >= 11 is 1.33. The number of allylic oxidation sites excluding steroid dienone is 4. The molecule has 30 heavy (non-hydrogen) atoms. The molecule has 7 nitrogen and oxygen atoms in total. The quantitative estimate of drug-likeness (QED) is 0.588. The minimum atomic E-state index is -0.538. The number of benzene rings is 1. The third-order valence-electron chi connectivity index (χ3n) is 5.15. The molecule has 0 aromatic heterocycles. The van der Waals surface area contributed by atoms with Gasteiger partial charge in [-0.3, -0.25) is 5.32 Å². The van der Waals surface area contributed by atoms with E-state index in [-0.39, 0.29) is 0 Å². The van der Waals surface area contributed by atoms with Gasteiger partial charge in [0.1, 0.15) is 11.6 Å². The van der Waals surface area contributed by atoms with Gasteiger partial charge < -0.3 is 19.6 Å². The standard InChI is InChI=1S/C22H26N4O3S/c1-28-22(27)26-21-14-23-19-12-10-17(13-20(19)25-21)29-30-18-8-4-7-16(9-11-18)24-15-5-2-3-6-15/h7-13,15,23-24H,2-6,14H2,1H3,(H,25,26,27). The van der Waals surface area contributed by atoms with Crippen molar-refractivity contribution in [2.75, 3.05) is 19.0 Å². The fourth-order valence-corrected chi connectivity index (χ4v) is 4.18. The van der Waals surface area contributed by atoms with Gasteiger partial charge in [0, 0.05) is 22.7 Å². The number of rotatable bonds is 5. The molecule has 0 bridgehead atoms. The Morgan fingerprint density at radius 3 is 2.93 bits per heavy atom. The number of aliphatic imine (C=N–C) groups is 1. The predicted octanol–water partition coefficient (Wildman–Crippen LogP) is 4.79. The van der Waals surface area contributed by atoms with Crippen LogP contribution in [0.1, 0.15) is 32.1 Å². The number of nitrogens with one attached hydrogen (secondary N) is 3. The van der Waals surface area contributed by atoms with Gasteiger partial charge in [-0.25, -0.2) is 9.79 Å². The van der Waals surface area contributed by atoms with Crippen LogP contribution >= 0.6 is 12.0 Å². The van der Waals surface area contributed by atoms with Crippen molar-refractivity contribution in [1.82, 2.24) is 10.6 Å². The molecule has 1 aliphatic heterocycles. The van der Waals surface area contributed by atoms with Crippen molar-refractivity contribution >= 4 is 35.3 Å². The molecule has 0 radical (unpaired) electrons. The number of carbonyl (C=O) groups excluding carboxylic acids is 1. The molecule has 2 aliphatic carbocycles. The zero-order valence-corrected chi connectivity index (χ0v) is 17.8. The number of fused-ring (bicyclic) bond motifs is 1. The number of hydrogen-bond donors (Lipinski definition) is 3. The van der Waals surface area contributed by atoms with Crippen molar-refractivity contribution in [1.29, 1.82) is 0 Å². The van der Waals surface area contributed by atoms with Gasteiger partial charge in [-0.1, -0.05) is 25.0 Å². The zero-order chi connectivity index (χ0) is 20.8. The Morgan fingerprint density at radius 2 is 2.10 bits per heavy atom. The molecule has 0 spiro atoms. The van der Waals surface area contributed by atoms with Crippen LogP contribution in [0.2, 0.25) is 0 Å². The average molecular weight is 427 g/mol. The lowest BCUT2D eigenvalue weighted by atomic mass is 10.2. The maximum Gasteiger partial charge on any atom is 0.412 e. The van der Waals surface area contributed by atoms with E-state index in [4.69, 9.17) is 4.18 Å². The van der Waals surface area contributed by atoms with Crippen LogP contribution in [0.3, 0.4) is 0 Å². The van der Waals surface area contributed by atoms with E-state index in [2.05, 4.69) is 50.0 Å². The summed E-state index contributed by atoms with van der Waals surface area (Å²) in [5, 5.41) is 9.46. The smallest absolute Gasteiger partial charge is 0.412 e. The largest absolute Gasteiger partial charge is 0.453 e. The molecule has 0 unspecified atom stereocenters. The molecule has 8 heteroatoms. The summed E-state index contributed by atoms with van der Waals surface area (Å²) in [6, 6.07) is 6.28. The first-order valence-corrected chi connectivity index (χ1v) is 10.9. The van der Waals surface area contributed by atoms with Crippen LogP contribution in [0.25, 0.3) is 0 Å². The van der Waals surface area contributed by atoms with E-state index in [9.17, 15) is 4.79 Å². The molecule has 1 saturated carbocycles. The molecule has 1 aromatic rings. The van der Waals surface area contributed by atoms with Crippen molar-refractivity contribution in [3.8, 4) is 5.75 Å². The van der Waals surface area contributed by atoms with Crippen LogP contribution in [-0.4, -0.2) is 31.6 Å². The number of amides is 1. The first-order chi connectivity index (χ1) is 14.7. The lowest BCUT2D eigenvalue weighted by Gasteiger charge is -2.18. The van der Waals surface area contributed by atoms with Crippen LogP contribution in [-0.2, 0) is 4.74 Å². The Bertz CT molecular complexity index is 917. The minimum Gasteiger partial charge on any atom is -0.453 e. The minimum absolute atomic E-state index is 0.430. The summed E-state index contributed by atoms with van der Waals surface area (Å²) in [5.41, 5.74) is 2.79. The summed E-state index contributed by atoms with van der Waals surface area (Å²) in [4.78, 5) is 16.9. The van der Waals surface area contributed by atoms with Crippen LogP contribution in [0.5, 0.6) is 5.75 Å². The lowest BCUT2D eigenvalue weighted by Crippen LogP contribution is -2.36. The van der Waals surface area contributed by atoms with E-state index in [1.54, 1.807) is 0 Å². The topological polar surface area (TPSA) is 84.0 Å². The fraction of sp³-hybridized carbons (Fsp3) is 0.364. The Kier molecular flexibility index (Phi) is 6.63. The third kappa shape index (κ3) is 5.38. The number of amidine groups is 1. The molecular weight excluding hydrogens is 400 g/mol. The van der Waals surface area contributed by atoms with Gasteiger partial charge in [0.15, 0.2) is 0 Å². The molecular formula is C22H26N4O3S. The maximum absolute atomic E-state index is 11.4. The molecule has 1 aromatic carbocycles. The van der Waals surface area contributed by atoms with Gasteiger partial charge in [-0.15, -0.1) is 0 Å². The number of nitrogens with zero attached hydrogens (tertiary/aromatic N) is 1. The second-order valence-electron chi connectivity index (χ2n) is 7.33. The highest BCUT2D eigenvalue weighted by atomic mass is 32.2. The van der Waals surface area contributed by atoms with Crippen molar-refractivity contribution in [3.63, 3.8) is 0 Å². The lowest BCUT2D eigenvalue weighted by molar-refractivity contribution is 0.176. The van der Waals surface area contributed by atoms with Crippen LogP contribution < -0.4 is 20.1 Å². The number of ether oxygens (including phenoxy) is 1. The van der Waals surface area contributed by atoms with E-state index < -0.39 is 6.09 Å². The van der Waals surface area contributed by atoms with Crippen molar-refractivity contribution in [2.45, 2.75) is 38.1 Å². The number of carbonyl (C=O) groups is 1. The highest BCUT2D eigenvalue weighted by Gasteiger charge is 2.16. The average Bonchev–Trinajstić information content (AvgIpc) is 3.17. The third-order valence-corrected chi connectivity index (χ3v) is 5.92. The number of alkyl carbamates (subject to hydrolysis) is 1. The van der Waals surface area contributed by atoms with E-state index in [1.807, 2.05) is 18.2 Å². The van der Waals surface area contributed by atoms with Crippen LogP contribution in [0, 0.1) is 0 Å². The van der Waals surface area contributed by atoms with E-state index in [0.717, 1.165) is 17.0 Å². The number of anilines is 1. The molecule has 3 N–H and O–H groups in total. The normalized spacial score (nSPS) is 18.2. The Hall–Kier alpha value is -2.87. The molecule has 1 heterocycles. The van der Waals surface area contributed by atoms with Gasteiger partial charge in [0.25, 0.3) is 0 Å². The van der Waals surface area contributed by atoms with Gasteiger partial charge in [-0.05, 0) is 43.5 Å². The highest BCUT2D eigenvalue weighted by Crippen LogP contribution is 2.34. The number of hydrogen-bond acceptors (Lipinski definition) is 7. The summed E-state index contributed by atoms with van der Waals surface area (Å²) in [6.45, 7) is 0.430. The molecule has 158 valence electrons. The fourth-order valence-electron chi connectivity index (χ4n) is 3.59. The van der Waals surface area contributed by atoms with Crippen molar-refractivity contribution in [3.05, 3.63) is 53.1 Å². The second-order valence-corrected chi connectivity index (χ2v) is 8.14. The first kappa shape index (κ1) is 20.4. The molecule has 0 atom stereocenters. The van der Waals surface area contributed by atoms with Crippen LogP contribution in [0.15, 0.2) is 58.1 Å². The molecule has 1 amide bonds. The van der Waals surface area contributed by atoms with Crippen molar-refractivity contribution in [2.24, 2.45) is 4.99 Å². The van der Waals surface area contributed by atoms with Crippen LogP contribution in [0.4, 0.5) is 16.2 Å². The first-order valence-electron chi connectivity index (χ1n) is 10.2. The maximum atomic E-state index is 11.4. The van der Waals surface area contributed by atoms with Gasteiger partial charge in [0.05, 0.1) is 37.1 Å². The van der Waals surface area contributed by atoms with Crippen molar-refractivity contribution < 1.29 is 13.7 Å². The monoisotopic (exact) mass is 426 g/mol. The van der Waals surface area contributed by atoms with E-state index in [1.165, 1.54) is 50.5 Å². The number of methoxy groups -OCH3 is 1. The summed E-state index contributed by atoms with van der Waals surface area (Å²) in [5.74, 6) is 1.20. The molecule has 1 fully saturated rings. The molecule has 0 saturated heterocycles. The van der Waals surface area contributed by atoms with Gasteiger partial charge in [-0.2, -0.15) is 0 Å². The Balaban J connectivity index is 1.34. The zero-order valence-electron chi connectivity index (χ0n) is 16.9. The molecule has 3 aliphatic rings.